The van der Waals surface area contributed by atoms with Crippen LogP contribution in [0.2, 0.25) is 0 Å². The number of ether oxygens (including phenoxy) is 1. The van der Waals surface area contributed by atoms with Crippen LogP contribution in [0, 0.1) is 6.92 Å². The number of hydrogen-bond acceptors (Lipinski definition) is 6. The zero-order valence-electron chi connectivity index (χ0n) is 20.7. The van der Waals surface area contributed by atoms with Gasteiger partial charge >= 0.3 is 6.09 Å². The molecule has 5 N–H and O–H groups in total. The average Bonchev–Trinajstić information content (AvgIpc) is 2.66. The van der Waals surface area contributed by atoms with Crippen LogP contribution < -0.4 is 16.4 Å². The first kappa shape index (κ1) is 28.5. The summed E-state index contributed by atoms with van der Waals surface area (Å²) >= 11 is 0. The summed E-state index contributed by atoms with van der Waals surface area (Å²) in [6, 6.07) is 1.81. The molecule has 0 aromatic heterocycles. The summed E-state index contributed by atoms with van der Waals surface area (Å²) < 4.78 is 5.21. The van der Waals surface area contributed by atoms with E-state index in [2.05, 4.69) is 17.2 Å². The number of carbonyl (C=O) groups is 4. The van der Waals surface area contributed by atoms with Crippen LogP contribution in [0.5, 0.6) is 5.75 Å². The summed E-state index contributed by atoms with van der Waals surface area (Å²) in [5, 5.41) is 15.1. The molecule has 4 amide bonds. The second-order valence-electron chi connectivity index (χ2n) is 9.26. The molecule has 0 saturated heterocycles. The predicted octanol–water partition coefficient (Wildman–Crippen LogP) is 2.05. The maximum absolute atomic E-state index is 13.6. The van der Waals surface area contributed by atoms with Gasteiger partial charge < -0.3 is 31.1 Å². The number of carbonyl (C=O) groups excluding carboxylic acids is 4. The second kappa shape index (κ2) is 12.1. The van der Waals surface area contributed by atoms with Crippen molar-refractivity contribution in [3.63, 3.8) is 0 Å². The maximum atomic E-state index is 13.6. The summed E-state index contributed by atoms with van der Waals surface area (Å²) in [7, 11) is 0. The molecule has 1 aromatic carbocycles. The monoisotopic (exact) mass is 476 g/mol. The normalized spacial score (nSPS) is 12.9. The molecule has 0 saturated carbocycles. The Hall–Kier alpha value is -3.56. The van der Waals surface area contributed by atoms with Crippen LogP contribution in [-0.2, 0) is 19.1 Å². The Labute approximate surface area is 200 Å². The zero-order chi connectivity index (χ0) is 26.2. The van der Waals surface area contributed by atoms with Crippen LogP contribution in [0.25, 0.3) is 0 Å². The molecule has 0 aliphatic carbocycles. The molecule has 1 rings (SSSR count). The lowest BCUT2D eigenvalue weighted by molar-refractivity contribution is -0.142. The van der Waals surface area contributed by atoms with Crippen LogP contribution in [0.4, 0.5) is 4.79 Å². The van der Waals surface area contributed by atoms with Gasteiger partial charge in [-0.15, -0.1) is 6.58 Å². The fourth-order valence-corrected chi connectivity index (χ4v) is 3.20. The van der Waals surface area contributed by atoms with Crippen molar-refractivity contribution in [3.05, 3.63) is 42.0 Å². The fraction of sp³-hybridized carbons (Fsp3) is 0.500. The number of hydrogen-bond donors (Lipinski definition) is 4. The highest BCUT2D eigenvalue weighted by atomic mass is 16.6. The zero-order valence-corrected chi connectivity index (χ0v) is 20.7. The van der Waals surface area contributed by atoms with E-state index in [0.29, 0.717) is 11.1 Å². The van der Waals surface area contributed by atoms with E-state index in [4.69, 9.17) is 10.5 Å². The molecule has 2 atom stereocenters. The largest absolute Gasteiger partial charge is 0.508 e. The van der Waals surface area contributed by atoms with Gasteiger partial charge in [0.05, 0.1) is 6.42 Å². The van der Waals surface area contributed by atoms with Gasteiger partial charge in [-0.1, -0.05) is 12.1 Å². The van der Waals surface area contributed by atoms with E-state index in [1.54, 1.807) is 47.6 Å². The van der Waals surface area contributed by atoms with Gasteiger partial charge in [-0.2, -0.15) is 0 Å². The average molecular weight is 477 g/mol. The van der Waals surface area contributed by atoms with Crippen molar-refractivity contribution >= 4 is 23.8 Å². The summed E-state index contributed by atoms with van der Waals surface area (Å²) in [5.41, 5.74) is 5.43. The molecule has 188 valence electrons. The van der Waals surface area contributed by atoms with Crippen molar-refractivity contribution in [3.8, 4) is 5.75 Å². The van der Waals surface area contributed by atoms with Gasteiger partial charge in [-0.3, -0.25) is 14.4 Å². The number of benzene rings is 1. The minimum atomic E-state index is -1.38. The number of aromatic hydroxyl groups is 1. The quantitative estimate of drug-likeness (QED) is 0.379. The van der Waals surface area contributed by atoms with Crippen molar-refractivity contribution in [2.45, 2.75) is 71.7 Å². The molecule has 2 unspecified atom stereocenters. The number of nitrogens with zero attached hydrogens (tertiary/aromatic N) is 1. The maximum Gasteiger partial charge on any atom is 0.408 e. The van der Waals surface area contributed by atoms with Crippen LogP contribution >= 0.6 is 0 Å². The molecule has 0 fully saturated rings. The van der Waals surface area contributed by atoms with Gasteiger partial charge in [-0.25, -0.2) is 4.79 Å². The standard InChI is InChI=1S/C24H36N4O6/c1-8-11-28(22(32)17(13-19(25)30)27-23(33)34-24(5,6)7)20(21(31)26-14(2)3)16-9-10-18(29)15(4)12-16/h8-10,12,14,17,20,29H,1,11,13H2,2-7H3,(H2,25,30)(H,26,31)(H,27,33). The number of aryl methyl sites for hydroxylation is 1. The molecule has 34 heavy (non-hydrogen) atoms. The Bertz CT molecular complexity index is 923. The number of alkyl carbamates (subject to hydrolysis) is 1. The molecule has 10 heteroatoms. The van der Waals surface area contributed by atoms with Crippen molar-refractivity contribution < 1.29 is 29.0 Å². The molecule has 0 heterocycles. The third-order valence-electron chi connectivity index (χ3n) is 4.53. The van der Waals surface area contributed by atoms with E-state index in [0.717, 1.165) is 0 Å². The van der Waals surface area contributed by atoms with Gasteiger partial charge in [0.1, 0.15) is 23.4 Å². The van der Waals surface area contributed by atoms with Crippen molar-refractivity contribution in [1.29, 1.82) is 0 Å². The highest BCUT2D eigenvalue weighted by molar-refractivity contribution is 5.94. The number of nitrogens with one attached hydrogen (secondary N) is 2. The number of nitrogens with two attached hydrogens (primary N) is 1. The number of phenols is 1. The lowest BCUT2D eigenvalue weighted by Crippen LogP contribution is -2.54. The Morgan fingerprint density at radius 2 is 1.82 bits per heavy atom. The van der Waals surface area contributed by atoms with Gasteiger partial charge in [0.15, 0.2) is 0 Å². The molecule has 10 nitrogen and oxygen atoms in total. The Morgan fingerprint density at radius 3 is 2.29 bits per heavy atom. The lowest BCUT2D eigenvalue weighted by Gasteiger charge is -2.34. The molecule has 0 spiro atoms. The molecule has 0 radical (unpaired) electrons. The third kappa shape index (κ3) is 8.76. The number of phenolic OH excluding ortho intramolecular Hbond substituents is 1. The highest BCUT2D eigenvalue weighted by Gasteiger charge is 2.36. The SMILES string of the molecule is C=CCN(C(=O)C(CC(N)=O)NC(=O)OC(C)(C)C)C(C(=O)NC(C)C)c1ccc(O)c(C)c1. The van der Waals surface area contributed by atoms with Gasteiger partial charge in [-0.05, 0) is 64.8 Å². The van der Waals surface area contributed by atoms with E-state index in [9.17, 15) is 24.3 Å². The topological polar surface area (TPSA) is 151 Å². The van der Waals surface area contributed by atoms with Crippen molar-refractivity contribution in [2.75, 3.05) is 6.54 Å². The van der Waals surface area contributed by atoms with E-state index in [1.807, 2.05) is 0 Å². The fourth-order valence-electron chi connectivity index (χ4n) is 3.20. The lowest BCUT2D eigenvalue weighted by atomic mass is 9.99. The van der Waals surface area contributed by atoms with Crippen molar-refractivity contribution in [1.82, 2.24) is 15.5 Å². The molecular formula is C24H36N4O6. The Balaban J connectivity index is 3.48. The first-order valence-electron chi connectivity index (χ1n) is 10.9. The molecule has 0 aliphatic heterocycles. The molecule has 0 aliphatic rings. The van der Waals surface area contributed by atoms with E-state index < -0.39 is 47.9 Å². The summed E-state index contributed by atoms with van der Waals surface area (Å²) in [5.74, 6) is -1.99. The second-order valence-corrected chi connectivity index (χ2v) is 9.26. The first-order valence-corrected chi connectivity index (χ1v) is 10.9. The first-order chi connectivity index (χ1) is 15.7. The number of primary amides is 1. The van der Waals surface area contributed by atoms with Crippen LogP contribution in [0.15, 0.2) is 30.9 Å². The molecule has 0 bridgehead atoms. The van der Waals surface area contributed by atoms with Crippen molar-refractivity contribution in [2.24, 2.45) is 5.73 Å². The van der Waals surface area contributed by atoms with Crippen LogP contribution in [0.1, 0.15) is 58.2 Å². The van der Waals surface area contributed by atoms with Crippen LogP contribution in [-0.4, -0.2) is 58.1 Å². The molecule has 1 aromatic rings. The predicted molar refractivity (Wildman–Crippen MR) is 128 cm³/mol. The Kier molecular flexibility index (Phi) is 10.1. The summed E-state index contributed by atoms with van der Waals surface area (Å²) in [4.78, 5) is 52.1. The Morgan fingerprint density at radius 1 is 1.21 bits per heavy atom. The summed E-state index contributed by atoms with van der Waals surface area (Å²) in [6.45, 7) is 13.8. The summed E-state index contributed by atoms with van der Waals surface area (Å²) in [6.07, 6.45) is 0.0170. The number of amides is 4. The highest BCUT2D eigenvalue weighted by Crippen LogP contribution is 2.27. The minimum absolute atomic E-state index is 0.0339. The van der Waals surface area contributed by atoms with E-state index in [-0.39, 0.29) is 18.3 Å². The molecular weight excluding hydrogens is 440 g/mol. The van der Waals surface area contributed by atoms with Gasteiger partial charge in [0.2, 0.25) is 17.7 Å². The van der Waals surface area contributed by atoms with Gasteiger partial charge in [0, 0.05) is 12.6 Å². The minimum Gasteiger partial charge on any atom is -0.508 e. The number of rotatable bonds is 10. The smallest absolute Gasteiger partial charge is 0.408 e. The third-order valence-corrected chi connectivity index (χ3v) is 4.53. The van der Waals surface area contributed by atoms with Crippen LogP contribution in [0.3, 0.4) is 0 Å². The van der Waals surface area contributed by atoms with E-state index >= 15 is 0 Å². The van der Waals surface area contributed by atoms with E-state index in [1.165, 1.54) is 23.1 Å². The van der Waals surface area contributed by atoms with Gasteiger partial charge in [0.25, 0.3) is 0 Å².